The fourth-order valence-electron chi connectivity index (χ4n) is 1.94. The third-order valence-corrected chi connectivity index (χ3v) is 5.33. The zero-order valence-corrected chi connectivity index (χ0v) is 10.3. The molecule has 0 atom stereocenters. The van der Waals surface area contributed by atoms with Crippen LogP contribution in [0.2, 0.25) is 0 Å². The molecule has 1 aromatic heterocycles. The van der Waals surface area contributed by atoms with Crippen molar-refractivity contribution in [1.29, 1.82) is 0 Å². The number of thiol groups is 1. The quantitative estimate of drug-likeness (QED) is 0.806. The van der Waals surface area contributed by atoms with Gasteiger partial charge in [-0.1, -0.05) is 0 Å². The second-order valence-electron chi connectivity index (χ2n) is 4.14. The van der Waals surface area contributed by atoms with Crippen LogP contribution in [0.3, 0.4) is 0 Å². The number of sulfone groups is 1. The minimum absolute atomic E-state index is 0.120. The Labute approximate surface area is 99.2 Å². The summed E-state index contributed by atoms with van der Waals surface area (Å²) in [5.74, 6) is 0.294. The molecule has 0 spiro atoms. The molecular formula is C9H13FN2O2S2. The van der Waals surface area contributed by atoms with Gasteiger partial charge in [-0.25, -0.2) is 12.8 Å². The first-order valence-electron chi connectivity index (χ1n) is 4.99. The molecule has 1 saturated heterocycles. The summed E-state index contributed by atoms with van der Waals surface area (Å²) in [7, 11) is -2.93. The Balaban J connectivity index is 2.28. The van der Waals surface area contributed by atoms with Crippen molar-refractivity contribution < 1.29 is 12.8 Å². The predicted octanol–water partition coefficient (Wildman–Crippen LogP) is 0.856. The molecule has 7 heteroatoms. The summed E-state index contributed by atoms with van der Waals surface area (Å²) in [6.45, 7) is 0. The van der Waals surface area contributed by atoms with E-state index in [1.54, 1.807) is 0 Å². The van der Waals surface area contributed by atoms with E-state index in [-0.39, 0.29) is 11.5 Å². The molecule has 0 bridgehead atoms. The first-order chi connectivity index (χ1) is 7.47. The van der Waals surface area contributed by atoms with E-state index in [2.05, 4.69) is 17.7 Å². The number of aromatic nitrogens is 2. The Kier molecular flexibility index (Phi) is 3.00. The fourth-order valence-corrected chi connectivity index (χ4v) is 3.99. The maximum Gasteiger partial charge on any atom is 0.161 e. The van der Waals surface area contributed by atoms with Crippen molar-refractivity contribution in [2.24, 2.45) is 0 Å². The van der Waals surface area contributed by atoms with E-state index in [0.717, 1.165) is 6.20 Å². The van der Waals surface area contributed by atoms with Crippen molar-refractivity contribution in [3.8, 4) is 0 Å². The molecule has 16 heavy (non-hydrogen) atoms. The van der Waals surface area contributed by atoms with Crippen LogP contribution in [0.5, 0.6) is 0 Å². The SMILES string of the molecule is O=S1(=O)CCC(CS)(n2cc(F)cn2)CC1. The molecule has 1 fully saturated rings. The molecule has 0 radical (unpaired) electrons. The molecule has 0 aromatic carbocycles. The van der Waals surface area contributed by atoms with Gasteiger partial charge in [0.25, 0.3) is 0 Å². The summed E-state index contributed by atoms with van der Waals surface area (Å²) >= 11 is 4.25. The Hall–Kier alpha value is -0.560. The van der Waals surface area contributed by atoms with Gasteiger partial charge in [0.15, 0.2) is 15.7 Å². The minimum atomic E-state index is -2.93. The first kappa shape index (κ1) is 11.9. The van der Waals surface area contributed by atoms with Gasteiger partial charge in [-0.05, 0) is 12.8 Å². The standard InChI is InChI=1S/C9H13FN2O2S2/c10-8-5-11-12(6-8)9(7-15)1-3-16(13,14)4-2-9/h5-6,15H,1-4,7H2. The van der Waals surface area contributed by atoms with Crippen molar-refractivity contribution in [2.45, 2.75) is 18.4 Å². The second kappa shape index (κ2) is 4.03. The Morgan fingerprint density at radius 2 is 2.12 bits per heavy atom. The molecule has 0 aliphatic carbocycles. The summed E-state index contributed by atoms with van der Waals surface area (Å²) < 4.78 is 37.2. The van der Waals surface area contributed by atoms with Gasteiger partial charge < -0.3 is 0 Å². The lowest BCUT2D eigenvalue weighted by Crippen LogP contribution is -2.43. The van der Waals surface area contributed by atoms with Gasteiger partial charge in [-0.15, -0.1) is 0 Å². The monoisotopic (exact) mass is 264 g/mol. The van der Waals surface area contributed by atoms with Crippen LogP contribution in [0.25, 0.3) is 0 Å². The van der Waals surface area contributed by atoms with Crippen LogP contribution in [0.1, 0.15) is 12.8 Å². The van der Waals surface area contributed by atoms with Crippen molar-refractivity contribution in [3.63, 3.8) is 0 Å². The van der Waals surface area contributed by atoms with Crippen molar-refractivity contribution in [1.82, 2.24) is 9.78 Å². The van der Waals surface area contributed by atoms with E-state index in [0.29, 0.717) is 18.6 Å². The van der Waals surface area contributed by atoms with Crippen LogP contribution in [0.4, 0.5) is 4.39 Å². The topological polar surface area (TPSA) is 52.0 Å². The highest BCUT2D eigenvalue weighted by atomic mass is 32.2. The average Bonchev–Trinajstić information content (AvgIpc) is 2.66. The number of rotatable bonds is 2. The zero-order valence-electron chi connectivity index (χ0n) is 8.63. The Bertz CT molecular complexity index is 469. The molecule has 4 nitrogen and oxygen atoms in total. The largest absolute Gasteiger partial charge is 0.263 e. The maximum atomic E-state index is 12.9. The summed E-state index contributed by atoms with van der Waals surface area (Å²) in [6, 6.07) is 0. The van der Waals surface area contributed by atoms with Crippen molar-refractivity contribution in [2.75, 3.05) is 17.3 Å². The van der Waals surface area contributed by atoms with Crippen LogP contribution < -0.4 is 0 Å². The third kappa shape index (κ3) is 2.10. The third-order valence-electron chi connectivity index (χ3n) is 3.09. The number of hydrogen-bond donors (Lipinski definition) is 1. The fraction of sp³-hybridized carbons (Fsp3) is 0.667. The van der Waals surface area contributed by atoms with Gasteiger partial charge in [-0.2, -0.15) is 17.7 Å². The maximum absolute atomic E-state index is 12.9. The highest BCUT2D eigenvalue weighted by molar-refractivity contribution is 7.91. The molecule has 2 rings (SSSR count). The smallest absolute Gasteiger partial charge is 0.161 e. The van der Waals surface area contributed by atoms with Gasteiger partial charge in [0, 0.05) is 5.75 Å². The van der Waals surface area contributed by atoms with Gasteiger partial charge in [0.1, 0.15) is 0 Å². The number of hydrogen-bond acceptors (Lipinski definition) is 4. The second-order valence-corrected chi connectivity index (χ2v) is 6.76. The molecule has 2 heterocycles. The molecule has 0 saturated carbocycles. The minimum Gasteiger partial charge on any atom is -0.263 e. The van der Waals surface area contributed by atoms with Crippen LogP contribution >= 0.6 is 12.6 Å². The summed E-state index contributed by atoms with van der Waals surface area (Å²) in [5, 5.41) is 3.93. The van der Waals surface area contributed by atoms with Crippen molar-refractivity contribution >= 4 is 22.5 Å². The van der Waals surface area contributed by atoms with Gasteiger partial charge >= 0.3 is 0 Å². The van der Waals surface area contributed by atoms with Gasteiger partial charge in [0.2, 0.25) is 0 Å². The van der Waals surface area contributed by atoms with Crippen LogP contribution in [0, 0.1) is 5.82 Å². The lowest BCUT2D eigenvalue weighted by Gasteiger charge is -2.35. The molecule has 0 amide bonds. The van der Waals surface area contributed by atoms with Gasteiger partial charge in [-0.3, -0.25) is 4.68 Å². The van der Waals surface area contributed by atoms with E-state index in [9.17, 15) is 12.8 Å². The van der Waals surface area contributed by atoms with Crippen LogP contribution in [-0.4, -0.2) is 35.5 Å². The van der Waals surface area contributed by atoms with E-state index in [1.165, 1.54) is 10.9 Å². The normalized spacial score (nSPS) is 23.1. The lowest BCUT2D eigenvalue weighted by atomic mass is 9.95. The predicted molar refractivity (Wildman–Crippen MR) is 61.9 cm³/mol. The molecule has 90 valence electrons. The highest BCUT2D eigenvalue weighted by Crippen LogP contribution is 2.32. The molecule has 1 aliphatic rings. The van der Waals surface area contributed by atoms with E-state index < -0.39 is 21.2 Å². The first-order valence-corrected chi connectivity index (χ1v) is 7.45. The molecule has 0 unspecified atom stereocenters. The molecule has 0 N–H and O–H groups in total. The zero-order chi connectivity index (χ0) is 11.8. The number of halogens is 1. The van der Waals surface area contributed by atoms with E-state index >= 15 is 0 Å². The average molecular weight is 264 g/mol. The van der Waals surface area contributed by atoms with Crippen LogP contribution in [-0.2, 0) is 15.4 Å². The number of nitrogens with zero attached hydrogens (tertiary/aromatic N) is 2. The van der Waals surface area contributed by atoms with E-state index in [1.807, 2.05) is 0 Å². The van der Waals surface area contributed by atoms with Crippen molar-refractivity contribution in [3.05, 3.63) is 18.2 Å². The van der Waals surface area contributed by atoms with Gasteiger partial charge in [0.05, 0.1) is 29.4 Å². The Morgan fingerprint density at radius 1 is 1.50 bits per heavy atom. The molecule has 1 aliphatic heterocycles. The summed E-state index contributed by atoms with van der Waals surface area (Å²) in [5.41, 5.74) is -0.460. The lowest BCUT2D eigenvalue weighted by molar-refractivity contribution is 0.265. The summed E-state index contributed by atoms with van der Waals surface area (Å²) in [4.78, 5) is 0. The van der Waals surface area contributed by atoms with Crippen LogP contribution in [0.15, 0.2) is 12.4 Å². The Morgan fingerprint density at radius 3 is 2.56 bits per heavy atom. The highest BCUT2D eigenvalue weighted by Gasteiger charge is 2.38. The van der Waals surface area contributed by atoms with E-state index in [4.69, 9.17) is 0 Å². The summed E-state index contributed by atoms with van der Waals surface area (Å²) in [6.07, 6.45) is 3.32. The molecular weight excluding hydrogens is 251 g/mol. The molecule has 1 aromatic rings.